The Kier molecular flexibility index (Phi) is 5.53. The zero-order valence-electron chi connectivity index (χ0n) is 12.4. The van der Waals surface area contributed by atoms with Crippen LogP contribution in [0.15, 0.2) is 53.0 Å². The Hall–Kier alpha value is -0.870. The van der Waals surface area contributed by atoms with E-state index in [1.54, 1.807) is 0 Å². The lowest BCUT2D eigenvalue weighted by molar-refractivity contribution is 0.240. The maximum absolute atomic E-state index is 6.07. The zero-order chi connectivity index (χ0) is 15.4. The maximum Gasteiger partial charge on any atom is 0.0613 e. The van der Waals surface area contributed by atoms with Crippen molar-refractivity contribution in [3.63, 3.8) is 0 Å². The molecule has 1 heterocycles. The molecule has 1 aliphatic rings. The molecule has 1 saturated heterocycles. The molecule has 1 fully saturated rings. The highest BCUT2D eigenvalue weighted by Gasteiger charge is 2.24. The van der Waals surface area contributed by atoms with Crippen LogP contribution < -0.4 is 5.32 Å². The molecular weight excluding hydrogens is 360 g/mol. The SMILES string of the molecule is Clc1ccc(C(c2ccccc2Br)N2CCCNCC2)cc1. The van der Waals surface area contributed by atoms with Crippen LogP contribution in [0.4, 0.5) is 0 Å². The Morgan fingerprint density at radius 1 is 1.00 bits per heavy atom. The Morgan fingerprint density at radius 3 is 2.55 bits per heavy atom. The predicted molar refractivity (Wildman–Crippen MR) is 96.5 cm³/mol. The molecule has 1 unspecified atom stereocenters. The number of halogens is 2. The third kappa shape index (κ3) is 3.72. The summed E-state index contributed by atoms with van der Waals surface area (Å²) < 4.78 is 1.16. The second-order valence-corrected chi connectivity index (χ2v) is 6.91. The topological polar surface area (TPSA) is 15.3 Å². The summed E-state index contributed by atoms with van der Waals surface area (Å²) in [6.45, 7) is 4.28. The minimum absolute atomic E-state index is 0.257. The van der Waals surface area contributed by atoms with Gasteiger partial charge >= 0.3 is 0 Å². The summed E-state index contributed by atoms with van der Waals surface area (Å²) in [6.07, 6.45) is 1.18. The second kappa shape index (κ2) is 7.60. The molecule has 4 heteroatoms. The first-order chi connectivity index (χ1) is 10.8. The Bertz CT molecular complexity index is 607. The molecule has 2 aromatic carbocycles. The summed E-state index contributed by atoms with van der Waals surface area (Å²) in [5.41, 5.74) is 2.60. The van der Waals surface area contributed by atoms with Gasteiger partial charge in [-0.3, -0.25) is 4.90 Å². The fourth-order valence-corrected chi connectivity index (χ4v) is 3.68. The minimum atomic E-state index is 0.257. The first-order valence-electron chi connectivity index (χ1n) is 7.70. The van der Waals surface area contributed by atoms with Crippen LogP contribution in [-0.4, -0.2) is 31.1 Å². The van der Waals surface area contributed by atoms with Gasteiger partial charge in [-0.1, -0.05) is 57.9 Å². The van der Waals surface area contributed by atoms with Gasteiger partial charge < -0.3 is 5.32 Å². The van der Waals surface area contributed by atoms with Gasteiger partial charge in [0.2, 0.25) is 0 Å². The average Bonchev–Trinajstić information content (AvgIpc) is 2.80. The summed E-state index contributed by atoms with van der Waals surface area (Å²) in [5.74, 6) is 0. The van der Waals surface area contributed by atoms with Crippen molar-refractivity contribution >= 4 is 27.5 Å². The van der Waals surface area contributed by atoms with Crippen molar-refractivity contribution < 1.29 is 0 Å². The van der Waals surface area contributed by atoms with E-state index in [4.69, 9.17) is 11.6 Å². The largest absolute Gasteiger partial charge is 0.315 e. The van der Waals surface area contributed by atoms with Gasteiger partial charge in [-0.15, -0.1) is 0 Å². The van der Waals surface area contributed by atoms with Gasteiger partial charge in [0.25, 0.3) is 0 Å². The van der Waals surface area contributed by atoms with Gasteiger partial charge in [0, 0.05) is 29.1 Å². The number of hydrogen-bond donors (Lipinski definition) is 1. The van der Waals surface area contributed by atoms with E-state index in [-0.39, 0.29) is 6.04 Å². The monoisotopic (exact) mass is 378 g/mol. The molecule has 0 bridgehead atoms. The van der Waals surface area contributed by atoms with Crippen molar-refractivity contribution in [3.8, 4) is 0 Å². The van der Waals surface area contributed by atoms with E-state index >= 15 is 0 Å². The Morgan fingerprint density at radius 2 is 1.77 bits per heavy atom. The molecule has 0 saturated carbocycles. The number of benzene rings is 2. The van der Waals surface area contributed by atoms with Gasteiger partial charge in [-0.25, -0.2) is 0 Å². The van der Waals surface area contributed by atoms with Gasteiger partial charge in [0.05, 0.1) is 6.04 Å². The molecule has 3 rings (SSSR count). The molecule has 0 amide bonds. The highest BCUT2D eigenvalue weighted by Crippen LogP contribution is 2.34. The maximum atomic E-state index is 6.07. The molecule has 1 aliphatic heterocycles. The van der Waals surface area contributed by atoms with Crippen LogP contribution >= 0.6 is 27.5 Å². The summed E-state index contributed by atoms with van der Waals surface area (Å²) >= 11 is 9.80. The zero-order valence-corrected chi connectivity index (χ0v) is 14.8. The minimum Gasteiger partial charge on any atom is -0.315 e. The molecule has 0 spiro atoms. The third-order valence-electron chi connectivity index (χ3n) is 4.13. The van der Waals surface area contributed by atoms with E-state index in [2.05, 4.69) is 62.5 Å². The normalized spacial score (nSPS) is 17.9. The predicted octanol–water partition coefficient (Wildman–Crippen LogP) is 4.49. The van der Waals surface area contributed by atoms with Crippen molar-refractivity contribution in [2.24, 2.45) is 0 Å². The fraction of sp³-hybridized carbons (Fsp3) is 0.333. The van der Waals surface area contributed by atoms with Gasteiger partial charge in [0.15, 0.2) is 0 Å². The number of nitrogens with zero attached hydrogens (tertiary/aromatic N) is 1. The van der Waals surface area contributed by atoms with Crippen LogP contribution in [-0.2, 0) is 0 Å². The molecular formula is C18H20BrClN2. The standard InChI is InChI=1S/C18H20BrClN2/c19-17-5-2-1-4-16(17)18(14-6-8-15(20)9-7-14)22-12-3-10-21-11-13-22/h1-2,4-9,18,21H,3,10-13H2. The van der Waals surface area contributed by atoms with E-state index < -0.39 is 0 Å². The van der Waals surface area contributed by atoms with Crippen LogP contribution in [0.3, 0.4) is 0 Å². The number of rotatable bonds is 3. The van der Waals surface area contributed by atoms with Crippen molar-refractivity contribution in [1.29, 1.82) is 0 Å². The average molecular weight is 380 g/mol. The van der Waals surface area contributed by atoms with Crippen LogP contribution in [0.1, 0.15) is 23.6 Å². The van der Waals surface area contributed by atoms with E-state index in [0.29, 0.717) is 0 Å². The Balaban J connectivity index is 2.01. The number of hydrogen-bond acceptors (Lipinski definition) is 2. The highest BCUT2D eigenvalue weighted by molar-refractivity contribution is 9.10. The molecule has 1 atom stereocenters. The molecule has 2 nitrogen and oxygen atoms in total. The first kappa shape index (κ1) is 16.0. The molecule has 22 heavy (non-hydrogen) atoms. The van der Waals surface area contributed by atoms with Gasteiger partial charge in [-0.2, -0.15) is 0 Å². The highest BCUT2D eigenvalue weighted by atomic mass is 79.9. The van der Waals surface area contributed by atoms with E-state index in [9.17, 15) is 0 Å². The summed E-state index contributed by atoms with van der Waals surface area (Å²) in [7, 11) is 0. The third-order valence-corrected chi connectivity index (χ3v) is 5.10. The fourth-order valence-electron chi connectivity index (χ4n) is 3.05. The lowest BCUT2D eigenvalue weighted by Gasteiger charge is -2.32. The van der Waals surface area contributed by atoms with Crippen LogP contribution in [0, 0.1) is 0 Å². The smallest absolute Gasteiger partial charge is 0.0613 e. The second-order valence-electron chi connectivity index (χ2n) is 5.62. The molecule has 1 N–H and O–H groups in total. The van der Waals surface area contributed by atoms with Gasteiger partial charge in [0.1, 0.15) is 0 Å². The van der Waals surface area contributed by atoms with Crippen molar-refractivity contribution in [3.05, 3.63) is 69.2 Å². The lowest BCUT2D eigenvalue weighted by atomic mass is 9.97. The summed E-state index contributed by atoms with van der Waals surface area (Å²) in [5, 5.41) is 4.27. The van der Waals surface area contributed by atoms with Crippen LogP contribution in [0.5, 0.6) is 0 Å². The molecule has 116 valence electrons. The first-order valence-corrected chi connectivity index (χ1v) is 8.87. The Labute approximate surface area is 145 Å². The quantitative estimate of drug-likeness (QED) is 0.845. The lowest BCUT2D eigenvalue weighted by Crippen LogP contribution is -2.33. The molecule has 2 aromatic rings. The van der Waals surface area contributed by atoms with Crippen LogP contribution in [0.2, 0.25) is 5.02 Å². The van der Waals surface area contributed by atoms with Crippen molar-refractivity contribution in [2.45, 2.75) is 12.5 Å². The van der Waals surface area contributed by atoms with Crippen molar-refractivity contribution in [2.75, 3.05) is 26.2 Å². The van der Waals surface area contributed by atoms with E-state index in [1.807, 2.05) is 12.1 Å². The van der Waals surface area contributed by atoms with Gasteiger partial charge in [-0.05, 0) is 42.3 Å². The summed E-state index contributed by atoms with van der Waals surface area (Å²) in [4.78, 5) is 2.56. The van der Waals surface area contributed by atoms with E-state index in [0.717, 1.165) is 35.7 Å². The number of nitrogens with one attached hydrogen (secondary N) is 1. The molecule has 0 radical (unpaired) electrons. The van der Waals surface area contributed by atoms with E-state index in [1.165, 1.54) is 17.5 Å². The van der Waals surface area contributed by atoms with Crippen LogP contribution in [0.25, 0.3) is 0 Å². The molecule has 0 aliphatic carbocycles. The molecule has 0 aromatic heterocycles. The van der Waals surface area contributed by atoms with Crippen molar-refractivity contribution in [1.82, 2.24) is 10.2 Å². The summed E-state index contributed by atoms with van der Waals surface area (Å²) in [6, 6.07) is 17.0.